The zero-order valence-electron chi connectivity index (χ0n) is 8.72. The van der Waals surface area contributed by atoms with E-state index in [1.807, 2.05) is 0 Å². The Morgan fingerprint density at radius 1 is 1.00 bits per heavy atom. The van der Waals surface area contributed by atoms with Gasteiger partial charge in [0, 0.05) is 7.05 Å². The maximum absolute atomic E-state index is 12.7. The molecule has 3 nitrogen and oxygen atoms in total. The van der Waals surface area contributed by atoms with Gasteiger partial charge in [0.1, 0.15) is 0 Å². The monoisotopic (exact) mass is 305 g/mol. The third kappa shape index (κ3) is 3.04. The van der Waals surface area contributed by atoms with Crippen LogP contribution in [0.4, 0.5) is 39.5 Å². The number of halogens is 9. The third-order valence-corrected chi connectivity index (χ3v) is 1.64. The number of ether oxygens (including phenoxy) is 1. The number of hydrogen-bond acceptors (Lipinski definition) is 2. The van der Waals surface area contributed by atoms with E-state index in [9.17, 15) is 44.3 Å². The van der Waals surface area contributed by atoms with E-state index in [1.165, 1.54) is 0 Å². The molecule has 12 heteroatoms. The molecule has 0 bridgehead atoms. The van der Waals surface area contributed by atoms with E-state index in [0.717, 1.165) is 5.32 Å². The summed E-state index contributed by atoms with van der Waals surface area (Å²) in [5.41, 5.74) is 0. The number of amides is 1. The van der Waals surface area contributed by atoms with Crippen LogP contribution in [0.2, 0.25) is 0 Å². The van der Waals surface area contributed by atoms with Gasteiger partial charge in [0.15, 0.2) is 0 Å². The van der Waals surface area contributed by atoms with Gasteiger partial charge in [-0.3, -0.25) is 4.79 Å². The van der Waals surface area contributed by atoms with Crippen molar-refractivity contribution >= 4 is 5.91 Å². The molecule has 0 saturated carbocycles. The normalized spacial score (nSPS) is 12.9. The summed E-state index contributed by atoms with van der Waals surface area (Å²) in [7, 11) is 0.424. The standard InChI is InChI=1S/C7H4F9NO2/c1-17-4(18)5(11,12)6(13,14)7(15,16)19-3(10)2(8)9/h1H3,(H,17,18). The van der Waals surface area contributed by atoms with Crippen molar-refractivity contribution in [3.8, 4) is 0 Å². The summed E-state index contributed by atoms with van der Waals surface area (Å²) in [5.74, 6) is -15.4. The lowest BCUT2D eigenvalue weighted by molar-refractivity contribution is -0.384. The molecule has 0 saturated heterocycles. The van der Waals surface area contributed by atoms with Crippen molar-refractivity contribution in [2.45, 2.75) is 18.0 Å². The van der Waals surface area contributed by atoms with Gasteiger partial charge in [-0.25, -0.2) is 0 Å². The van der Waals surface area contributed by atoms with Crippen LogP contribution in [0.3, 0.4) is 0 Å². The van der Waals surface area contributed by atoms with Crippen LogP contribution in [-0.2, 0) is 9.53 Å². The molecule has 1 amide bonds. The van der Waals surface area contributed by atoms with E-state index in [0.29, 0.717) is 7.05 Å². The lowest BCUT2D eigenvalue weighted by Crippen LogP contribution is -2.61. The average molecular weight is 305 g/mol. The van der Waals surface area contributed by atoms with Crippen LogP contribution in [0, 0.1) is 0 Å². The van der Waals surface area contributed by atoms with Gasteiger partial charge in [-0.05, 0) is 0 Å². The van der Waals surface area contributed by atoms with Gasteiger partial charge >= 0.3 is 30.0 Å². The molecule has 0 fully saturated rings. The van der Waals surface area contributed by atoms with Gasteiger partial charge in [0.05, 0.1) is 0 Å². The Balaban J connectivity index is 5.51. The summed E-state index contributed by atoms with van der Waals surface area (Å²) < 4.78 is 113. The molecule has 0 aromatic heterocycles. The molecule has 0 aliphatic heterocycles. The summed E-state index contributed by atoms with van der Waals surface area (Å²) in [6, 6.07) is -3.47. The highest BCUT2D eigenvalue weighted by Crippen LogP contribution is 2.47. The van der Waals surface area contributed by atoms with Gasteiger partial charge in [-0.1, -0.05) is 0 Å². The molecule has 0 spiro atoms. The number of alkyl halides is 6. The zero-order valence-corrected chi connectivity index (χ0v) is 8.72. The van der Waals surface area contributed by atoms with Crippen LogP contribution in [0.5, 0.6) is 0 Å². The van der Waals surface area contributed by atoms with E-state index in [-0.39, 0.29) is 0 Å². The highest BCUT2D eigenvalue weighted by molar-refractivity contribution is 5.84. The van der Waals surface area contributed by atoms with Gasteiger partial charge in [0.25, 0.3) is 5.91 Å². The van der Waals surface area contributed by atoms with Crippen LogP contribution in [0.1, 0.15) is 0 Å². The Labute approximate surface area is 98.6 Å². The van der Waals surface area contributed by atoms with Crippen molar-refractivity contribution in [1.82, 2.24) is 5.32 Å². The second-order valence-electron chi connectivity index (χ2n) is 2.88. The molecule has 19 heavy (non-hydrogen) atoms. The summed E-state index contributed by atoms with van der Waals surface area (Å²) in [5, 5.41) is 0.948. The summed E-state index contributed by atoms with van der Waals surface area (Å²) in [4.78, 5) is 10.4. The highest BCUT2D eigenvalue weighted by atomic mass is 19.4. The fraction of sp³-hybridized carbons (Fsp3) is 0.571. The van der Waals surface area contributed by atoms with Crippen molar-refractivity contribution in [2.75, 3.05) is 7.05 Å². The van der Waals surface area contributed by atoms with Crippen LogP contribution in [0.25, 0.3) is 0 Å². The predicted octanol–water partition coefficient (Wildman–Crippen LogP) is 2.65. The molecule has 0 radical (unpaired) electrons. The third-order valence-electron chi connectivity index (χ3n) is 1.64. The molecule has 0 aromatic carbocycles. The predicted molar refractivity (Wildman–Crippen MR) is 40.3 cm³/mol. The number of rotatable bonds is 5. The largest absolute Gasteiger partial charge is 0.473 e. The van der Waals surface area contributed by atoms with Crippen molar-refractivity contribution in [2.24, 2.45) is 0 Å². The Bertz CT molecular complexity index is 388. The lowest BCUT2D eigenvalue weighted by atomic mass is 10.1. The van der Waals surface area contributed by atoms with Gasteiger partial charge in [-0.2, -0.15) is 39.5 Å². The summed E-state index contributed by atoms with van der Waals surface area (Å²) in [6.07, 6.45) is -9.96. The fourth-order valence-corrected chi connectivity index (χ4v) is 0.698. The van der Waals surface area contributed by atoms with E-state index in [1.54, 1.807) is 0 Å². The maximum atomic E-state index is 12.7. The minimum absolute atomic E-state index is 0.424. The molecule has 0 aliphatic carbocycles. The van der Waals surface area contributed by atoms with Crippen LogP contribution in [-0.4, -0.2) is 30.9 Å². The van der Waals surface area contributed by atoms with Crippen molar-refractivity contribution < 1.29 is 49.0 Å². The molecule has 0 atom stereocenters. The highest BCUT2D eigenvalue weighted by Gasteiger charge is 2.77. The molecule has 0 aliphatic rings. The first kappa shape index (κ1) is 17.4. The lowest BCUT2D eigenvalue weighted by Gasteiger charge is -2.30. The topological polar surface area (TPSA) is 38.3 Å². The minimum Gasteiger partial charge on any atom is -0.397 e. The zero-order chi connectivity index (χ0) is 15.6. The average Bonchev–Trinajstić information content (AvgIpc) is 2.26. The van der Waals surface area contributed by atoms with Gasteiger partial charge < -0.3 is 10.1 Å². The number of nitrogens with one attached hydrogen (secondary N) is 1. The maximum Gasteiger partial charge on any atom is 0.473 e. The second-order valence-corrected chi connectivity index (χ2v) is 2.88. The first-order valence-electron chi connectivity index (χ1n) is 4.06. The molecular formula is C7H4F9NO2. The Hall–Kier alpha value is -1.62. The van der Waals surface area contributed by atoms with Gasteiger partial charge in [0.2, 0.25) is 0 Å². The molecule has 0 rings (SSSR count). The summed E-state index contributed by atoms with van der Waals surface area (Å²) >= 11 is 0. The number of hydrogen-bond donors (Lipinski definition) is 1. The molecule has 0 unspecified atom stereocenters. The first-order chi connectivity index (χ1) is 8.31. The van der Waals surface area contributed by atoms with Crippen molar-refractivity contribution in [1.29, 1.82) is 0 Å². The van der Waals surface area contributed by atoms with Crippen LogP contribution >= 0.6 is 0 Å². The molecular weight excluding hydrogens is 301 g/mol. The first-order valence-corrected chi connectivity index (χ1v) is 4.06. The smallest absolute Gasteiger partial charge is 0.397 e. The van der Waals surface area contributed by atoms with Crippen LogP contribution in [0.15, 0.2) is 12.1 Å². The molecule has 0 heterocycles. The number of carbonyl (C=O) groups is 1. The Morgan fingerprint density at radius 3 is 1.74 bits per heavy atom. The van der Waals surface area contributed by atoms with Crippen molar-refractivity contribution in [3.63, 3.8) is 0 Å². The van der Waals surface area contributed by atoms with E-state index < -0.39 is 36.0 Å². The Kier molecular flexibility index (Phi) is 4.73. The van der Waals surface area contributed by atoms with E-state index in [2.05, 4.69) is 4.74 Å². The Morgan fingerprint density at radius 2 is 1.42 bits per heavy atom. The van der Waals surface area contributed by atoms with E-state index in [4.69, 9.17) is 0 Å². The SMILES string of the molecule is CNC(=O)C(F)(F)C(F)(F)C(F)(F)OC(F)=C(F)F. The second kappa shape index (κ2) is 5.17. The molecule has 112 valence electrons. The number of carbonyl (C=O) groups excluding carboxylic acids is 1. The quantitative estimate of drug-likeness (QED) is 0.626. The van der Waals surface area contributed by atoms with Gasteiger partial charge in [-0.15, -0.1) is 0 Å². The summed E-state index contributed by atoms with van der Waals surface area (Å²) in [6.45, 7) is 0. The van der Waals surface area contributed by atoms with Crippen molar-refractivity contribution in [3.05, 3.63) is 12.1 Å². The molecule has 1 N–H and O–H groups in total. The minimum atomic E-state index is -6.58. The van der Waals surface area contributed by atoms with Crippen LogP contribution < -0.4 is 5.32 Å². The fourth-order valence-electron chi connectivity index (χ4n) is 0.698. The van der Waals surface area contributed by atoms with E-state index >= 15 is 0 Å². The molecule has 0 aromatic rings.